The van der Waals surface area contributed by atoms with E-state index in [-0.39, 0.29) is 5.91 Å². The molecule has 1 aliphatic carbocycles. The molecule has 0 aliphatic heterocycles. The first-order valence-electron chi connectivity index (χ1n) is 7.89. The molecule has 1 saturated carbocycles. The summed E-state index contributed by atoms with van der Waals surface area (Å²) in [5, 5.41) is 3.57. The van der Waals surface area contributed by atoms with E-state index in [4.69, 9.17) is 16.3 Å². The van der Waals surface area contributed by atoms with Crippen molar-refractivity contribution in [3.8, 4) is 5.75 Å². The van der Waals surface area contributed by atoms with Gasteiger partial charge in [0.1, 0.15) is 5.75 Å². The molecule has 1 fully saturated rings. The van der Waals surface area contributed by atoms with Crippen LogP contribution in [0, 0.1) is 5.92 Å². The number of carbonyl (C=O) groups is 1. The zero-order chi connectivity index (χ0) is 15.1. The largest absolute Gasteiger partial charge is 0.479 e. The smallest absolute Gasteiger partial charge is 0.261 e. The molecule has 4 heteroatoms. The molecule has 1 atom stereocenters. The van der Waals surface area contributed by atoms with Crippen LogP contribution in [0.2, 0.25) is 5.02 Å². The summed E-state index contributed by atoms with van der Waals surface area (Å²) in [4.78, 5) is 12.3. The first-order valence-corrected chi connectivity index (χ1v) is 8.27. The van der Waals surface area contributed by atoms with Crippen molar-refractivity contribution in [3.05, 3.63) is 29.3 Å². The van der Waals surface area contributed by atoms with Gasteiger partial charge in [0, 0.05) is 6.54 Å². The van der Waals surface area contributed by atoms with Gasteiger partial charge in [0.05, 0.1) is 5.02 Å². The zero-order valence-corrected chi connectivity index (χ0v) is 13.4. The van der Waals surface area contributed by atoms with Crippen molar-refractivity contribution in [1.82, 2.24) is 5.32 Å². The van der Waals surface area contributed by atoms with Crippen LogP contribution in [0.1, 0.15) is 45.4 Å². The molecule has 1 aliphatic rings. The van der Waals surface area contributed by atoms with Crippen LogP contribution in [-0.2, 0) is 4.79 Å². The van der Waals surface area contributed by atoms with Gasteiger partial charge in [-0.05, 0) is 37.3 Å². The molecule has 0 bridgehead atoms. The maximum Gasteiger partial charge on any atom is 0.261 e. The van der Waals surface area contributed by atoms with E-state index < -0.39 is 6.10 Å². The van der Waals surface area contributed by atoms with Crippen molar-refractivity contribution in [2.75, 3.05) is 6.54 Å². The van der Waals surface area contributed by atoms with Gasteiger partial charge in [-0.1, -0.05) is 49.9 Å². The van der Waals surface area contributed by atoms with Gasteiger partial charge < -0.3 is 10.1 Å². The molecule has 1 aromatic rings. The summed E-state index contributed by atoms with van der Waals surface area (Å²) in [5.41, 5.74) is 0. The molecule has 2 rings (SSSR count). The van der Waals surface area contributed by atoms with E-state index in [9.17, 15) is 4.79 Å². The molecule has 1 aromatic carbocycles. The molecule has 21 heavy (non-hydrogen) atoms. The minimum atomic E-state index is -0.478. The summed E-state index contributed by atoms with van der Waals surface area (Å²) in [6, 6.07) is 7.26. The first-order chi connectivity index (χ1) is 10.2. The number of nitrogens with one attached hydrogen (secondary N) is 1. The van der Waals surface area contributed by atoms with E-state index in [2.05, 4.69) is 5.32 Å². The fraction of sp³-hybridized carbons (Fsp3) is 0.588. The fourth-order valence-electron chi connectivity index (χ4n) is 2.77. The zero-order valence-electron chi connectivity index (χ0n) is 12.6. The molecule has 0 unspecified atom stereocenters. The Morgan fingerprint density at radius 3 is 2.71 bits per heavy atom. The molecular weight excluding hydrogens is 286 g/mol. The van der Waals surface area contributed by atoms with Crippen molar-refractivity contribution in [1.29, 1.82) is 0 Å². The second kappa shape index (κ2) is 8.28. The average molecular weight is 310 g/mol. The normalized spacial score (nSPS) is 17.2. The monoisotopic (exact) mass is 309 g/mol. The van der Waals surface area contributed by atoms with Crippen molar-refractivity contribution in [2.45, 2.75) is 51.6 Å². The van der Waals surface area contributed by atoms with E-state index >= 15 is 0 Å². The fourth-order valence-corrected chi connectivity index (χ4v) is 2.95. The minimum absolute atomic E-state index is 0.0389. The summed E-state index contributed by atoms with van der Waals surface area (Å²) < 4.78 is 5.75. The number of benzene rings is 1. The molecule has 1 amide bonds. The number of amides is 1. The van der Waals surface area contributed by atoms with Gasteiger partial charge in [0.2, 0.25) is 0 Å². The summed E-state index contributed by atoms with van der Waals surface area (Å²) in [6.45, 7) is 2.71. The molecule has 1 N–H and O–H groups in total. The topological polar surface area (TPSA) is 38.3 Å². The van der Waals surface area contributed by atoms with E-state index in [1.54, 1.807) is 12.1 Å². The molecule has 0 spiro atoms. The average Bonchev–Trinajstić information content (AvgIpc) is 2.53. The Bertz CT molecular complexity index is 458. The first kappa shape index (κ1) is 16.2. The highest BCUT2D eigenvalue weighted by Gasteiger charge is 2.21. The third-order valence-corrected chi connectivity index (χ3v) is 4.37. The third-order valence-electron chi connectivity index (χ3n) is 4.06. The Morgan fingerprint density at radius 1 is 1.33 bits per heavy atom. The van der Waals surface area contributed by atoms with Crippen LogP contribution < -0.4 is 10.1 Å². The number of halogens is 1. The Labute approximate surface area is 132 Å². The van der Waals surface area contributed by atoms with E-state index in [1.807, 2.05) is 19.1 Å². The van der Waals surface area contributed by atoms with E-state index in [0.717, 1.165) is 6.54 Å². The van der Waals surface area contributed by atoms with E-state index in [0.29, 0.717) is 23.1 Å². The number of ether oxygens (including phenoxy) is 1. The lowest BCUT2D eigenvalue weighted by atomic mass is 9.89. The van der Waals surface area contributed by atoms with Crippen LogP contribution in [-0.4, -0.2) is 18.6 Å². The van der Waals surface area contributed by atoms with Crippen LogP contribution in [0.5, 0.6) is 5.75 Å². The molecule has 0 radical (unpaired) electrons. The van der Waals surface area contributed by atoms with Crippen molar-refractivity contribution < 1.29 is 9.53 Å². The second-order valence-electron chi connectivity index (χ2n) is 5.69. The molecule has 0 aromatic heterocycles. The molecule has 3 nitrogen and oxygen atoms in total. The maximum atomic E-state index is 12.3. The van der Waals surface area contributed by atoms with Gasteiger partial charge >= 0.3 is 0 Å². The predicted octanol–water partition coefficient (Wildman–Crippen LogP) is 4.19. The van der Waals surface area contributed by atoms with Gasteiger partial charge in [-0.25, -0.2) is 0 Å². The predicted molar refractivity (Wildman–Crippen MR) is 85.7 cm³/mol. The lowest BCUT2D eigenvalue weighted by Gasteiger charge is -2.23. The lowest BCUT2D eigenvalue weighted by Crippen LogP contribution is -2.40. The number of hydrogen-bond acceptors (Lipinski definition) is 2. The van der Waals surface area contributed by atoms with Crippen LogP contribution in [0.3, 0.4) is 0 Å². The van der Waals surface area contributed by atoms with Crippen molar-refractivity contribution >= 4 is 17.5 Å². The van der Waals surface area contributed by atoms with Crippen LogP contribution in [0.15, 0.2) is 24.3 Å². The molecular formula is C17H24ClNO2. The summed E-state index contributed by atoms with van der Waals surface area (Å²) in [6.07, 6.45) is 6.50. The van der Waals surface area contributed by atoms with Gasteiger partial charge in [0.15, 0.2) is 6.10 Å². The molecule has 0 heterocycles. The highest BCUT2D eigenvalue weighted by Crippen LogP contribution is 2.25. The number of para-hydroxylation sites is 1. The SMILES string of the molecule is CC[C@@H](Oc1ccccc1Cl)C(=O)NCC1CCCCC1. The Balaban J connectivity index is 1.85. The van der Waals surface area contributed by atoms with Crippen LogP contribution in [0.25, 0.3) is 0 Å². The van der Waals surface area contributed by atoms with Crippen LogP contribution in [0.4, 0.5) is 0 Å². The number of rotatable bonds is 6. The number of hydrogen-bond donors (Lipinski definition) is 1. The van der Waals surface area contributed by atoms with Gasteiger partial charge in [-0.2, -0.15) is 0 Å². The summed E-state index contributed by atoms with van der Waals surface area (Å²) in [5.74, 6) is 1.15. The van der Waals surface area contributed by atoms with Gasteiger partial charge in [0.25, 0.3) is 5.91 Å². The van der Waals surface area contributed by atoms with Crippen molar-refractivity contribution in [2.24, 2.45) is 5.92 Å². The molecule has 0 saturated heterocycles. The van der Waals surface area contributed by atoms with Gasteiger partial charge in [-0.3, -0.25) is 4.79 Å². The Morgan fingerprint density at radius 2 is 2.05 bits per heavy atom. The molecule has 116 valence electrons. The third kappa shape index (κ3) is 4.92. The summed E-state index contributed by atoms with van der Waals surface area (Å²) in [7, 11) is 0. The van der Waals surface area contributed by atoms with Crippen molar-refractivity contribution in [3.63, 3.8) is 0 Å². The second-order valence-corrected chi connectivity index (χ2v) is 6.10. The summed E-state index contributed by atoms with van der Waals surface area (Å²) >= 11 is 6.07. The highest BCUT2D eigenvalue weighted by molar-refractivity contribution is 6.32. The van der Waals surface area contributed by atoms with Crippen LogP contribution >= 0.6 is 11.6 Å². The number of carbonyl (C=O) groups excluding carboxylic acids is 1. The quantitative estimate of drug-likeness (QED) is 0.855. The Kier molecular flexibility index (Phi) is 6.37. The minimum Gasteiger partial charge on any atom is -0.479 e. The lowest BCUT2D eigenvalue weighted by molar-refractivity contribution is -0.128. The Hall–Kier alpha value is -1.22. The maximum absolute atomic E-state index is 12.3. The highest BCUT2D eigenvalue weighted by atomic mass is 35.5. The van der Waals surface area contributed by atoms with E-state index in [1.165, 1.54) is 32.1 Å². The van der Waals surface area contributed by atoms with Gasteiger partial charge in [-0.15, -0.1) is 0 Å². The standard InChI is InChI=1S/C17H24ClNO2/c1-2-15(21-16-11-7-6-10-14(16)18)17(20)19-12-13-8-4-3-5-9-13/h6-7,10-11,13,15H,2-5,8-9,12H2,1H3,(H,19,20)/t15-/m1/s1.